The molecule has 0 atom stereocenters. The molecule has 0 aliphatic rings. The monoisotopic (exact) mass is 266 g/mol. The van der Waals surface area contributed by atoms with E-state index in [0.29, 0.717) is 6.07 Å². The first-order valence-corrected chi connectivity index (χ1v) is 5.20. The molecule has 2 rings (SSSR count). The number of rotatable bonds is 2. The highest BCUT2D eigenvalue weighted by Gasteiger charge is 2.17. The minimum atomic E-state index is -1.42. The van der Waals surface area contributed by atoms with Gasteiger partial charge in [-0.25, -0.2) is 18.6 Å². The number of carboxylic acids is 1. The van der Waals surface area contributed by atoms with Gasteiger partial charge < -0.3 is 10.1 Å². The second kappa shape index (κ2) is 4.60. The van der Waals surface area contributed by atoms with E-state index in [4.69, 9.17) is 5.11 Å². The van der Waals surface area contributed by atoms with Gasteiger partial charge in [-0.3, -0.25) is 4.79 Å². The molecule has 2 aromatic rings. The van der Waals surface area contributed by atoms with Crippen molar-refractivity contribution in [2.45, 2.75) is 6.92 Å². The lowest BCUT2D eigenvalue weighted by Gasteiger charge is -2.05. The van der Waals surface area contributed by atoms with Crippen molar-refractivity contribution in [3.63, 3.8) is 0 Å². The van der Waals surface area contributed by atoms with E-state index in [1.54, 1.807) is 0 Å². The van der Waals surface area contributed by atoms with E-state index in [1.165, 1.54) is 6.92 Å². The largest absolute Gasteiger partial charge is 0.477 e. The van der Waals surface area contributed by atoms with Crippen LogP contribution in [-0.2, 0) is 0 Å². The van der Waals surface area contributed by atoms with Gasteiger partial charge >= 0.3 is 5.97 Å². The van der Waals surface area contributed by atoms with Crippen LogP contribution in [0.1, 0.15) is 16.1 Å². The Labute approximate surface area is 105 Å². The zero-order valence-corrected chi connectivity index (χ0v) is 9.70. The Kier molecular flexibility index (Phi) is 3.12. The Morgan fingerprint density at radius 3 is 2.58 bits per heavy atom. The van der Waals surface area contributed by atoms with Gasteiger partial charge in [-0.1, -0.05) is 0 Å². The van der Waals surface area contributed by atoms with Gasteiger partial charge in [0.15, 0.2) is 0 Å². The highest BCUT2D eigenvalue weighted by Crippen LogP contribution is 2.19. The first kappa shape index (κ1) is 12.9. The maximum Gasteiger partial charge on any atom is 0.343 e. The Balaban J connectivity index is 2.65. The van der Waals surface area contributed by atoms with E-state index >= 15 is 0 Å². The second-order valence-electron chi connectivity index (χ2n) is 3.80. The van der Waals surface area contributed by atoms with Crippen LogP contribution in [0.15, 0.2) is 23.0 Å². The Bertz CT molecular complexity index is 725. The molecule has 1 heterocycles. The summed E-state index contributed by atoms with van der Waals surface area (Å²) in [6, 6.07) is 2.78. The highest BCUT2D eigenvalue weighted by molar-refractivity contribution is 5.88. The zero-order chi connectivity index (χ0) is 14.2. The molecule has 19 heavy (non-hydrogen) atoms. The van der Waals surface area contributed by atoms with Crippen molar-refractivity contribution in [1.82, 2.24) is 9.97 Å². The first-order valence-electron chi connectivity index (χ1n) is 5.20. The van der Waals surface area contributed by atoms with Crippen molar-refractivity contribution in [2.75, 3.05) is 0 Å². The van der Waals surface area contributed by atoms with Crippen LogP contribution in [0.4, 0.5) is 8.78 Å². The molecule has 0 saturated carbocycles. The van der Waals surface area contributed by atoms with E-state index < -0.39 is 28.7 Å². The van der Waals surface area contributed by atoms with Crippen LogP contribution in [0.25, 0.3) is 11.4 Å². The number of carbonyl (C=O) groups is 1. The summed E-state index contributed by atoms with van der Waals surface area (Å²) in [5.41, 5.74) is -1.56. The number of nitrogens with one attached hydrogen (secondary N) is 1. The number of carboxylic acid groups (broad SMARTS) is 1. The molecule has 0 unspecified atom stereocenters. The molecule has 0 spiro atoms. The topological polar surface area (TPSA) is 83.0 Å². The average molecular weight is 266 g/mol. The van der Waals surface area contributed by atoms with E-state index in [2.05, 4.69) is 9.97 Å². The average Bonchev–Trinajstić information content (AvgIpc) is 2.26. The molecule has 1 aromatic carbocycles. The smallest absolute Gasteiger partial charge is 0.343 e. The maximum absolute atomic E-state index is 13.5. The van der Waals surface area contributed by atoms with Crippen LogP contribution in [0, 0.1) is 18.6 Å². The summed E-state index contributed by atoms with van der Waals surface area (Å²) in [7, 11) is 0. The molecule has 0 radical (unpaired) electrons. The number of hydrogen-bond acceptors (Lipinski definition) is 3. The van der Waals surface area contributed by atoms with E-state index in [1.807, 2.05) is 0 Å². The van der Waals surface area contributed by atoms with Gasteiger partial charge in [0.05, 0.1) is 11.3 Å². The second-order valence-corrected chi connectivity index (χ2v) is 3.80. The maximum atomic E-state index is 13.5. The Hall–Kier alpha value is -2.57. The lowest BCUT2D eigenvalue weighted by atomic mass is 10.1. The molecule has 98 valence electrons. The number of aromatic amines is 1. The predicted octanol–water partition coefficient (Wildman–Crippen LogP) is 1.72. The third kappa shape index (κ3) is 2.35. The van der Waals surface area contributed by atoms with E-state index in [9.17, 15) is 18.4 Å². The van der Waals surface area contributed by atoms with Gasteiger partial charge in [0.1, 0.15) is 23.0 Å². The first-order chi connectivity index (χ1) is 8.90. The number of halogens is 2. The predicted molar refractivity (Wildman–Crippen MR) is 61.9 cm³/mol. The summed E-state index contributed by atoms with van der Waals surface area (Å²) in [6.45, 7) is 1.32. The molecule has 0 fully saturated rings. The van der Waals surface area contributed by atoms with Gasteiger partial charge in [-0.2, -0.15) is 0 Å². The summed E-state index contributed by atoms with van der Waals surface area (Å²) < 4.78 is 26.3. The summed E-state index contributed by atoms with van der Waals surface area (Å²) in [5.74, 6) is -3.23. The van der Waals surface area contributed by atoms with Gasteiger partial charge in [0.2, 0.25) is 0 Å². The van der Waals surface area contributed by atoms with Crippen molar-refractivity contribution < 1.29 is 18.7 Å². The number of H-pyrrole nitrogens is 1. The van der Waals surface area contributed by atoms with Crippen molar-refractivity contribution in [3.05, 3.63) is 51.4 Å². The number of hydrogen-bond donors (Lipinski definition) is 2. The third-order valence-corrected chi connectivity index (χ3v) is 2.50. The summed E-state index contributed by atoms with van der Waals surface area (Å²) in [4.78, 5) is 28.4. The van der Waals surface area contributed by atoms with E-state index in [0.717, 1.165) is 12.1 Å². The lowest BCUT2D eigenvalue weighted by Crippen LogP contribution is -2.21. The number of aromatic nitrogens is 2. The number of aromatic carboxylic acids is 1. The molecule has 1 aromatic heterocycles. The van der Waals surface area contributed by atoms with Crippen LogP contribution in [0.2, 0.25) is 0 Å². The summed E-state index contributed by atoms with van der Waals surface area (Å²) in [5, 5.41) is 8.82. The normalized spacial score (nSPS) is 10.5. The van der Waals surface area contributed by atoms with Crippen LogP contribution in [0.3, 0.4) is 0 Å². The standard InChI is InChI=1S/C12H8F2N2O3/c1-5-9(12(18)19)11(17)16-10(15-5)7-3-2-6(13)4-8(7)14/h2-4H,1H3,(H,18,19)(H,15,16,17). The fourth-order valence-corrected chi connectivity index (χ4v) is 1.65. The summed E-state index contributed by atoms with van der Waals surface area (Å²) in [6.07, 6.45) is 0. The molecule has 0 aliphatic carbocycles. The van der Waals surface area contributed by atoms with Crippen LogP contribution < -0.4 is 5.56 Å². The third-order valence-electron chi connectivity index (χ3n) is 2.50. The molecule has 0 amide bonds. The molecule has 0 aliphatic heterocycles. The van der Waals surface area contributed by atoms with Crippen molar-refractivity contribution in [3.8, 4) is 11.4 Å². The Morgan fingerprint density at radius 2 is 2.05 bits per heavy atom. The molecule has 2 N–H and O–H groups in total. The SMILES string of the molecule is Cc1nc(-c2ccc(F)cc2F)[nH]c(=O)c1C(=O)O. The molecular formula is C12H8F2N2O3. The number of aryl methyl sites for hydroxylation is 1. The van der Waals surface area contributed by atoms with Crippen LogP contribution in [-0.4, -0.2) is 21.0 Å². The van der Waals surface area contributed by atoms with Crippen molar-refractivity contribution in [2.24, 2.45) is 0 Å². The fraction of sp³-hybridized carbons (Fsp3) is 0.0833. The Morgan fingerprint density at radius 1 is 1.37 bits per heavy atom. The van der Waals surface area contributed by atoms with Gasteiger partial charge in [-0.15, -0.1) is 0 Å². The van der Waals surface area contributed by atoms with Crippen molar-refractivity contribution >= 4 is 5.97 Å². The van der Waals surface area contributed by atoms with Crippen LogP contribution >= 0.6 is 0 Å². The molecule has 7 heteroatoms. The number of benzene rings is 1. The zero-order valence-electron chi connectivity index (χ0n) is 9.70. The number of nitrogens with zero attached hydrogens (tertiary/aromatic N) is 1. The molecule has 0 bridgehead atoms. The van der Waals surface area contributed by atoms with Crippen molar-refractivity contribution in [1.29, 1.82) is 0 Å². The fourth-order valence-electron chi connectivity index (χ4n) is 1.65. The minimum Gasteiger partial charge on any atom is -0.477 e. The lowest BCUT2D eigenvalue weighted by molar-refractivity contribution is 0.0693. The molecule has 5 nitrogen and oxygen atoms in total. The van der Waals surface area contributed by atoms with Gasteiger partial charge in [0.25, 0.3) is 5.56 Å². The quantitative estimate of drug-likeness (QED) is 0.867. The summed E-state index contributed by atoms with van der Waals surface area (Å²) >= 11 is 0. The highest BCUT2D eigenvalue weighted by atomic mass is 19.1. The molecule has 0 saturated heterocycles. The van der Waals surface area contributed by atoms with E-state index in [-0.39, 0.29) is 17.1 Å². The molecular weight excluding hydrogens is 258 g/mol. The van der Waals surface area contributed by atoms with Crippen LogP contribution in [0.5, 0.6) is 0 Å². The van der Waals surface area contributed by atoms with Gasteiger partial charge in [0, 0.05) is 6.07 Å². The minimum absolute atomic E-state index is 0.0463. The van der Waals surface area contributed by atoms with Gasteiger partial charge in [-0.05, 0) is 19.1 Å².